The van der Waals surface area contributed by atoms with Gasteiger partial charge in [-0.1, -0.05) is 15.9 Å². The number of nitrogens with one attached hydrogen (secondary N) is 3. The van der Waals surface area contributed by atoms with Crippen molar-refractivity contribution >= 4 is 51.2 Å². The maximum Gasteiger partial charge on any atom is 0.311 e. The molecule has 2 aromatic rings. The summed E-state index contributed by atoms with van der Waals surface area (Å²) in [5.74, 6) is -4.37. The number of halogens is 1. The van der Waals surface area contributed by atoms with Gasteiger partial charge in [-0.05, 0) is 36.4 Å². The largest absolute Gasteiger partial charge is 0.455 e. The Morgan fingerprint density at radius 3 is 2.23 bits per heavy atom. The summed E-state index contributed by atoms with van der Waals surface area (Å²) in [6.07, 6.45) is -0.249. The summed E-state index contributed by atoms with van der Waals surface area (Å²) in [4.78, 5) is 70.6. The predicted molar refractivity (Wildman–Crippen MR) is 121 cm³/mol. The van der Waals surface area contributed by atoms with Crippen molar-refractivity contribution in [3.05, 3.63) is 74.2 Å². The Kier molecular flexibility index (Phi) is 8.09. The maximum atomic E-state index is 12.3. The third-order valence-corrected chi connectivity index (χ3v) is 5.33. The summed E-state index contributed by atoms with van der Waals surface area (Å²) in [6, 6.07) is 11.1. The van der Waals surface area contributed by atoms with Gasteiger partial charge in [-0.25, -0.2) is 0 Å². The van der Waals surface area contributed by atoms with E-state index in [4.69, 9.17) is 4.74 Å². The highest BCUT2D eigenvalue weighted by Crippen LogP contribution is 2.18. The van der Waals surface area contributed by atoms with Crippen LogP contribution in [0.25, 0.3) is 0 Å². The molecule has 1 fully saturated rings. The molecule has 1 aliphatic rings. The van der Waals surface area contributed by atoms with Crippen LogP contribution in [0, 0.1) is 16.0 Å². The van der Waals surface area contributed by atoms with Gasteiger partial charge in [0.15, 0.2) is 6.61 Å². The summed E-state index contributed by atoms with van der Waals surface area (Å²) < 4.78 is 5.68. The molecule has 0 aliphatic carbocycles. The molecule has 182 valence electrons. The lowest BCUT2D eigenvalue weighted by atomic mass is 10.1. The molecular formula is C21H18BrN5O8. The van der Waals surface area contributed by atoms with Crippen LogP contribution >= 0.6 is 15.9 Å². The molecule has 14 heteroatoms. The third kappa shape index (κ3) is 6.83. The molecule has 1 atom stereocenters. The van der Waals surface area contributed by atoms with Gasteiger partial charge in [0.25, 0.3) is 23.4 Å². The summed E-state index contributed by atoms with van der Waals surface area (Å²) >= 11 is 3.24. The second-order valence-electron chi connectivity index (χ2n) is 7.27. The molecule has 2 aromatic carbocycles. The van der Waals surface area contributed by atoms with Gasteiger partial charge in [-0.3, -0.25) is 55.4 Å². The van der Waals surface area contributed by atoms with Crippen LogP contribution < -0.4 is 16.3 Å². The minimum Gasteiger partial charge on any atom is -0.455 e. The van der Waals surface area contributed by atoms with E-state index in [1.807, 2.05) is 0 Å². The molecule has 3 rings (SSSR count). The fourth-order valence-electron chi connectivity index (χ4n) is 2.99. The molecule has 1 aliphatic heterocycles. The standard InChI is InChI=1S/C21H18BrN5O8/c22-15-5-1-12(2-6-15)19(30)24-23-17(28)11-35-21(32)14-9-18(29)26(10-14)25-20(31)13-3-7-16(8-4-13)27(33)34/h1-8,14H,9-11H2,(H,23,28)(H,24,30)(H,25,31)/t14-/m1/s1. The Bertz CT molecular complexity index is 1170. The molecule has 13 nitrogen and oxygen atoms in total. The molecule has 4 amide bonds. The molecule has 0 bridgehead atoms. The van der Waals surface area contributed by atoms with E-state index in [0.29, 0.717) is 5.56 Å². The van der Waals surface area contributed by atoms with Crippen LogP contribution in [0.1, 0.15) is 27.1 Å². The number of rotatable bonds is 7. The first-order valence-corrected chi connectivity index (χ1v) is 10.8. The van der Waals surface area contributed by atoms with Gasteiger partial charge in [0, 0.05) is 34.2 Å². The normalized spacial score (nSPS) is 14.7. The predicted octanol–water partition coefficient (Wildman–Crippen LogP) is 0.855. The first-order chi connectivity index (χ1) is 16.6. The molecule has 3 N–H and O–H groups in total. The minimum atomic E-state index is -0.926. The molecule has 1 heterocycles. The quantitative estimate of drug-likeness (QED) is 0.259. The number of carbonyl (C=O) groups is 5. The van der Waals surface area contributed by atoms with Crippen LogP contribution in [-0.2, 0) is 19.1 Å². The average molecular weight is 548 g/mol. The van der Waals surface area contributed by atoms with Crippen LogP contribution in [0.15, 0.2) is 53.0 Å². The van der Waals surface area contributed by atoms with Crippen molar-refractivity contribution in [2.75, 3.05) is 13.2 Å². The Morgan fingerprint density at radius 2 is 1.60 bits per heavy atom. The third-order valence-electron chi connectivity index (χ3n) is 4.80. The number of hydrazine groups is 2. The Balaban J connectivity index is 1.43. The van der Waals surface area contributed by atoms with Crippen LogP contribution in [0.2, 0.25) is 0 Å². The highest BCUT2D eigenvalue weighted by atomic mass is 79.9. The van der Waals surface area contributed by atoms with Crippen molar-refractivity contribution < 1.29 is 33.6 Å². The van der Waals surface area contributed by atoms with Crippen molar-refractivity contribution in [1.82, 2.24) is 21.3 Å². The Morgan fingerprint density at radius 1 is 1.00 bits per heavy atom. The van der Waals surface area contributed by atoms with Gasteiger partial charge < -0.3 is 4.74 Å². The van der Waals surface area contributed by atoms with E-state index < -0.39 is 47.0 Å². The monoisotopic (exact) mass is 547 g/mol. The van der Waals surface area contributed by atoms with Gasteiger partial charge in [0.05, 0.1) is 17.4 Å². The number of carbonyl (C=O) groups excluding carboxylic acids is 5. The molecule has 0 spiro atoms. The van der Waals surface area contributed by atoms with Crippen molar-refractivity contribution in [1.29, 1.82) is 0 Å². The SMILES string of the molecule is O=C(COC(=O)[C@@H]1CC(=O)N(NC(=O)c2ccc([N+](=O)[O-])cc2)C1)NNC(=O)c1ccc(Br)cc1. The molecule has 0 radical (unpaired) electrons. The Hall–Kier alpha value is -4.33. The van der Waals surface area contributed by atoms with Crippen molar-refractivity contribution in [3.8, 4) is 0 Å². The van der Waals surface area contributed by atoms with Crippen LogP contribution in [0.4, 0.5) is 5.69 Å². The van der Waals surface area contributed by atoms with Crippen molar-refractivity contribution in [2.24, 2.45) is 5.92 Å². The number of nitrogens with zero attached hydrogens (tertiary/aromatic N) is 2. The number of benzene rings is 2. The van der Waals surface area contributed by atoms with E-state index in [0.717, 1.165) is 21.6 Å². The summed E-state index contributed by atoms with van der Waals surface area (Å²) in [6.45, 7) is -0.877. The number of nitro benzene ring substituents is 1. The number of amides is 4. The lowest BCUT2D eigenvalue weighted by Gasteiger charge is -2.17. The number of ether oxygens (including phenoxy) is 1. The topological polar surface area (TPSA) is 177 Å². The zero-order valence-corrected chi connectivity index (χ0v) is 19.4. The molecular weight excluding hydrogens is 530 g/mol. The average Bonchev–Trinajstić information content (AvgIpc) is 3.21. The summed E-state index contributed by atoms with van der Waals surface area (Å²) in [5, 5.41) is 11.6. The maximum absolute atomic E-state index is 12.3. The van der Waals surface area contributed by atoms with Gasteiger partial charge in [0.1, 0.15) is 0 Å². The number of esters is 1. The minimum absolute atomic E-state index is 0.0799. The van der Waals surface area contributed by atoms with Gasteiger partial charge in [-0.2, -0.15) is 0 Å². The second-order valence-corrected chi connectivity index (χ2v) is 8.18. The molecule has 0 aromatic heterocycles. The van der Waals surface area contributed by atoms with Gasteiger partial charge in [0.2, 0.25) is 5.91 Å². The van der Waals surface area contributed by atoms with Crippen molar-refractivity contribution in [2.45, 2.75) is 6.42 Å². The van der Waals surface area contributed by atoms with Crippen LogP contribution in [0.3, 0.4) is 0 Å². The fraction of sp³-hybridized carbons (Fsp3) is 0.190. The first kappa shape index (κ1) is 25.3. The summed E-state index contributed by atoms with van der Waals surface area (Å²) in [5.41, 5.74) is 6.80. The second kappa shape index (κ2) is 11.2. The van der Waals surface area contributed by atoms with Gasteiger partial charge >= 0.3 is 5.97 Å². The molecule has 1 saturated heterocycles. The lowest BCUT2D eigenvalue weighted by molar-refractivity contribution is -0.384. The van der Waals surface area contributed by atoms with Crippen LogP contribution in [0.5, 0.6) is 0 Å². The van der Waals surface area contributed by atoms with E-state index in [-0.39, 0.29) is 24.2 Å². The van der Waals surface area contributed by atoms with E-state index in [9.17, 15) is 34.1 Å². The Labute approximate surface area is 206 Å². The highest BCUT2D eigenvalue weighted by Gasteiger charge is 2.36. The number of nitro groups is 1. The van der Waals surface area contributed by atoms with E-state index in [1.54, 1.807) is 12.1 Å². The van der Waals surface area contributed by atoms with Gasteiger partial charge in [-0.15, -0.1) is 0 Å². The number of hydrogen-bond donors (Lipinski definition) is 3. The van der Waals surface area contributed by atoms with E-state index in [1.165, 1.54) is 24.3 Å². The number of non-ortho nitro benzene ring substituents is 1. The highest BCUT2D eigenvalue weighted by molar-refractivity contribution is 9.10. The summed E-state index contributed by atoms with van der Waals surface area (Å²) in [7, 11) is 0. The first-order valence-electron chi connectivity index (χ1n) is 10.0. The van der Waals surface area contributed by atoms with E-state index >= 15 is 0 Å². The molecule has 0 unspecified atom stereocenters. The fourth-order valence-corrected chi connectivity index (χ4v) is 3.25. The van der Waals surface area contributed by atoms with Crippen LogP contribution in [-0.4, -0.2) is 52.7 Å². The smallest absolute Gasteiger partial charge is 0.311 e. The van der Waals surface area contributed by atoms with E-state index in [2.05, 4.69) is 32.2 Å². The molecule has 0 saturated carbocycles. The van der Waals surface area contributed by atoms with Crippen molar-refractivity contribution in [3.63, 3.8) is 0 Å². The molecule has 35 heavy (non-hydrogen) atoms. The lowest BCUT2D eigenvalue weighted by Crippen LogP contribution is -2.44. The zero-order chi connectivity index (χ0) is 25.5. The zero-order valence-electron chi connectivity index (χ0n) is 17.9. The number of hydrogen-bond acceptors (Lipinski definition) is 8.